The highest BCUT2D eigenvalue weighted by Crippen LogP contribution is 2.03. The van der Waals surface area contributed by atoms with E-state index >= 15 is 0 Å². The molecule has 0 aliphatic heterocycles. The van der Waals surface area contributed by atoms with Gasteiger partial charge in [-0.2, -0.15) is 0 Å². The summed E-state index contributed by atoms with van der Waals surface area (Å²) in [6, 6.07) is 2.63. The van der Waals surface area contributed by atoms with Crippen molar-refractivity contribution in [1.82, 2.24) is 15.2 Å². The van der Waals surface area contributed by atoms with E-state index in [-0.39, 0.29) is 5.91 Å². The normalized spacial score (nSPS) is 10.8. The Morgan fingerprint density at radius 1 is 1.47 bits per heavy atom. The van der Waals surface area contributed by atoms with Crippen molar-refractivity contribution in [2.75, 3.05) is 7.05 Å². The number of aromatic nitrogens is 1. The predicted octanol–water partition coefficient (Wildman–Crippen LogP) is 1.51. The van der Waals surface area contributed by atoms with Gasteiger partial charge in [-0.05, 0) is 18.1 Å². The largest absolute Gasteiger partial charge is 0.359 e. The molecule has 0 atom stereocenters. The summed E-state index contributed by atoms with van der Waals surface area (Å²) in [6.07, 6.45) is 5.68. The van der Waals surface area contributed by atoms with E-state index in [1.165, 1.54) is 5.56 Å². The highest BCUT2D eigenvalue weighted by atomic mass is 16.1. The van der Waals surface area contributed by atoms with Crippen LogP contribution in [0.25, 0.3) is 0 Å². The van der Waals surface area contributed by atoms with Crippen LogP contribution < -0.4 is 10.6 Å². The van der Waals surface area contributed by atoms with Crippen LogP contribution >= 0.6 is 0 Å². The van der Waals surface area contributed by atoms with E-state index in [2.05, 4.69) is 47.5 Å². The van der Waals surface area contributed by atoms with Crippen LogP contribution in [0.4, 0.5) is 0 Å². The Morgan fingerprint density at radius 2 is 2.24 bits per heavy atom. The fourth-order valence-electron chi connectivity index (χ4n) is 1.60. The van der Waals surface area contributed by atoms with Gasteiger partial charge in [-0.15, -0.1) is 0 Å². The Hall–Kier alpha value is -1.29. The van der Waals surface area contributed by atoms with Crippen LogP contribution in [0.2, 0.25) is 0 Å². The first-order chi connectivity index (χ1) is 8.11. The number of amides is 1. The number of nitrogens with one attached hydrogen (secondary N) is 2. The van der Waals surface area contributed by atoms with Gasteiger partial charge in [0.05, 0.1) is 0 Å². The molecule has 1 aromatic heterocycles. The lowest BCUT2D eigenvalue weighted by Crippen LogP contribution is -2.21. The number of carbonyl (C=O) groups is 1. The average Bonchev–Trinajstić information content (AvgIpc) is 2.74. The van der Waals surface area contributed by atoms with Crippen molar-refractivity contribution in [3.05, 3.63) is 24.0 Å². The summed E-state index contributed by atoms with van der Waals surface area (Å²) in [7, 11) is 1.67. The number of rotatable bonds is 7. The van der Waals surface area contributed by atoms with Crippen molar-refractivity contribution >= 4 is 5.91 Å². The molecule has 0 aliphatic rings. The molecule has 0 bridgehead atoms. The van der Waals surface area contributed by atoms with Crippen molar-refractivity contribution in [2.24, 2.45) is 0 Å². The molecule has 0 spiro atoms. The fraction of sp³-hybridized carbons (Fsp3) is 0.615. The van der Waals surface area contributed by atoms with Gasteiger partial charge in [0.2, 0.25) is 5.91 Å². The Balaban J connectivity index is 2.28. The molecular weight excluding hydrogens is 214 g/mol. The van der Waals surface area contributed by atoms with E-state index in [1.54, 1.807) is 7.05 Å². The first kappa shape index (κ1) is 13.8. The molecule has 4 nitrogen and oxygen atoms in total. The van der Waals surface area contributed by atoms with E-state index < -0.39 is 0 Å². The summed E-state index contributed by atoms with van der Waals surface area (Å²) in [5.74, 6) is 0.110. The Labute approximate surface area is 103 Å². The summed E-state index contributed by atoms with van der Waals surface area (Å²) in [5, 5.41) is 6.01. The molecule has 0 saturated heterocycles. The highest BCUT2D eigenvalue weighted by Gasteiger charge is 2.00. The van der Waals surface area contributed by atoms with E-state index in [0.717, 1.165) is 19.5 Å². The van der Waals surface area contributed by atoms with Crippen molar-refractivity contribution in [2.45, 2.75) is 45.8 Å². The molecule has 96 valence electrons. The number of carbonyl (C=O) groups excluding carboxylic acids is 1. The molecule has 2 N–H and O–H groups in total. The number of aryl methyl sites for hydroxylation is 1. The van der Waals surface area contributed by atoms with E-state index in [4.69, 9.17) is 0 Å². The standard InChI is InChI=1S/C13H23N3O/c1-11(2)15-9-12-6-8-16(10-12)7-4-5-13(17)14-3/h6,8,10-11,15H,4-5,7,9H2,1-3H3,(H,14,17). The summed E-state index contributed by atoms with van der Waals surface area (Å²) in [5.41, 5.74) is 1.29. The molecule has 0 saturated carbocycles. The van der Waals surface area contributed by atoms with Crippen LogP contribution in [0, 0.1) is 0 Å². The number of nitrogens with zero attached hydrogens (tertiary/aromatic N) is 1. The highest BCUT2D eigenvalue weighted by molar-refractivity contribution is 5.75. The molecule has 0 radical (unpaired) electrons. The smallest absolute Gasteiger partial charge is 0.219 e. The van der Waals surface area contributed by atoms with Gasteiger partial charge >= 0.3 is 0 Å². The molecule has 1 heterocycles. The minimum absolute atomic E-state index is 0.110. The van der Waals surface area contributed by atoms with Crippen molar-refractivity contribution in [3.63, 3.8) is 0 Å². The lowest BCUT2D eigenvalue weighted by Gasteiger charge is -2.06. The quantitative estimate of drug-likeness (QED) is 0.755. The second kappa shape index (κ2) is 7.12. The van der Waals surface area contributed by atoms with Crippen LogP contribution in [-0.4, -0.2) is 23.6 Å². The maximum atomic E-state index is 11.1. The van der Waals surface area contributed by atoms with Gasteiger partial charge in [0.25, 0.3) is 0 Å². The van der Waals surface area contributed by atoms with E-state index in [1.807, 2.05) is 0 Å². The van der Waals surface area contributed by atoms with Gasteiger partial charge in [0.15, 0.2) is 0 Å². The SMILES string of the molecule is CNC(=O)CCCn1ccc(CNC(C)C)c1. The zero-order valence-electron chi connectivity index (χ0n) is 11.0. The first-order valence-corrected chi connectivity index (χ1v) is 6.20. The first-order valence-electron chi connectivity index (χ1n) is 6.20. The molecule has 1 rings (SSSR count). The summed E-state index contributed by atoms with van der Waals surface area (Å²) in [6.45, 7) is 6.08. The second-order valence-corrected chi connectivity index (χ2v) is 4.57. The monoisotopic (exact) mass is 237 g/mol. The van der Waals surface area contributed by atoms with Crippen LogP contribution in [0.5, 0.6) is 0 Å². The van der Waals surface area contributed by atoms with Crippen LogP contribution in [0.15, 0.2) is 18.5 Å². The minimum atomic E-state index is 0.110. The summed E-state index contributed by atoms with van der Waals surface area (Å²) < 4.78 is 2.14. The lowest BCUT2D eigenvalue weighted by molar-refractivity contribution is -0.120. The average molecular weight is 237 g/mol. The third-order valence-electron chi connectivity index (χ3n) is 2.63. The molecule has 0 aliphatic carbocycles. The molecule has 17 heavy (non-hydrogen) atoms. The molecular formula is C13H23N3O. The second-order valence-electron chi connectivity index (χ2n) is 4.57. The van der Waals surface area contributed by atoms with Crippen LogP contribution in [0.1, 0.15) is 32.3 Å². The molecule has 1 aromatic rings. The summed E-state index contributed by atoms with van der Waals surface area (Å²) >= 11 is 0. The molecule has 0 unspecified atom stereocenters. The van der Waals surface area contributed by atoms with E-state index in [9.17, 15) is 4.79 Å². The number of hydrogen-bond donors (Lipinski definition) is 2. The maximum absolute atomic E-state index is 11.1. The van der Waals surface area contributed by atoms with E-state index in [0.29, 0.717) is 12.5 Å². The zero-order chi connectivity index (χ0) is 12.7. The maximum Gasteiger partial charge on any atom is 0.219 e. The number of hydrogen-bond acceptors (Lipinski definition) is 2. The van der Waals surface area contributed by atoms with Crippen molar-refractivity contribution in [1.29, 1.82) is 0 Å². The topological polar surface area (TPSA) is 46.1 Å². The third kappa shape index (κ3) is 5.54. The predicted molar refractivity (Wildman–Crippen MR) is 69.7 cm³/mol. The third-order valence-corrected chi connectivity index (χ3v) is 2.63. The fourth-order valence-corrected chi connectivity index (χ4v) is 1.60. The Bertz CT molecular complexity index is 344. The van der Waals surface area contributed by atoms with Crippen LogP contribution in [-0.2, 0) is 17.9 Å². The molecule has 0 fully saturated rings. The van der Waals surface area contributed by atoms with Crippen molar-refractivity contribution in [3.8, 4) is 0 Å². The Morgan fingerprint density at radius 3 is 2.88 bits per heavy atom. The van der Waals surface area contributed by atoms with Gasteiger partial charge in [-0.1, -0.05) is 13.8 Å². The van der Waals surface area contributed by atoms with Crippen LogP contribution in [0.3, 0.4) is 0 Å². The zero-order valence-corrected chi connectivity index (χ0v) is 11.0. The van der Waals surface area contributed by atoms with Gasteiger partial charge in [0.1, 0.15) is 0 Å². The minimum Gasteiger partial charge on any atom is -0.359 e. The molecule has 4 heteroatoms. The molecule has 1 amide bonds. The lowest BCUT2D eigenvalue weighted by atomic mass is 10.3. The van der Waals surface area contributed by atoms with Crippen molar-refractivity contribution < 1.29 is 4.79 Å². The van der Waals surface area contributed by atoms with Gasteiger partial charge in [0, 0.05) is 45.0 Å². The summed E-state index contributed by atoms with van der Waals surface area (Å²) in [4.78, 5) is 11.1. The van der Waals surface area contributed by atoms with Gasteiger partial charge in [-0.25, -0.2) is 0 Å². The van der Waals surface area contributed by atoms with Gasteiger partial charge < -0.3 is 15.2 Å². The van der Waals surface area contributed by atoms with Gasteiger partial charge in [-0.3, -0.25) is 4.79 Å². The Kier molecular flexibility index (Phi) is 5.77. The molecule has 0 aromatic carbocycles.